The van der Waals surface area contributed by atoms with Crippen molar-refractivity contribution in [2.75, 3.05) is 26.8 Å². The van der Waals surface area contributed by atoms with Gasteiger partial charge in [-0.1, -0.05) is 6.07 Å². The van der Waals surface area contributed by atoms with Crippen LogP contribution < -0.4 is 10.1 Å². The molecule has 0 saturated heterocycles. The largest absolute Gasteiger partial charge is 0.493 e. The normalized spacial score (nSPS) is 16.5. The van der Waals surface area contributed by atoms with Crippen LogP contribution in [0.15, 0.2) is 24.3 Å². The number of carbonyl (C=O) groups is 2. The molecule has 118 valence electrons. The lowest BCUT2D eigenvalue weighted by Gasteiger charge is -2.11. The first-order chi connectivity index (χ1) is 10.7. The van der Waals surface area contributed by atoms with E-state index in [0.29, 0.717) is 24.3 Å². The van der Waals surface area contributed by atoms with Gasteiger partial charge in [0.2, 0.25) is 0 Å². The molecule has 1 aliphatic heterocycles. The van der Waals surface area contributed by atoms with Crippen LogP contribution in [0.5, 0.6) is 5.75 Å². The van der Waals surface area contributed by atoms with E-state index in [-0.39, 0.29) is 5.78 Å². The lowest BCUT2D eigenvalue weighted by atomic mass is 10.0. The standard InChI is InChI=1S/C17H21NO4/c1-21-17(20)8-6-13-5-7-16-14(12-13)15(19)4-2-9-18-10-3-11-22-16/h5-8,12,18H,2-4,9-11H2,1H3/b8-6+. The predicted molar refractivity (Wildman–Crippen MR) is 84.0 cm³/mol. The molecule has 0 fully saturated rings. The summed E-state index contributed by atoms with van der Waals surface area (Å²) in [5.41, 5.74) is 1.35. The molecule has 0 radical (unpaired) electrons. The summed E-state index contributed by atoms with van der Waals surface area (Å²) in [5.74, 6) is 0.249. The molecule has 22 heavy (non-hydrogen) atoms. The summed E-state index contributed by atoms with van der Waals surface area (Å²) < 4.78 is 10.3. The molecule has 5 heteroatoms. The van der Waals surface area contributed by atoms with Crippen LogP contribution in [0.3, 0.4) is 0 Å². The Morgan fingerprint density at radius 2 is 2.14 bits per heavy atom. The van der Waals surface area contributed by atoms with Gasteiger partial charge in [0.1, 0.15) is 5.75 Å². The van der Waals surface area contributed by atoms with E-state index in [4.69, 9.17) is 4.74 Å². The van der Waals surface area contributed by atoms with Gasteiger partial charge in [-0.3, -0.25) is 4.79 Å². The van der Waals surface area contributed by atoms with E-state index in [1.807, 2.05) is 6.07 Å². The van der Waals surface area contributed by atoms with E-state index in [0.717, 1.165) is 31.5 Å². The van der Waals surface area contributed by atoms with Crippen molar-refractivity contribution in [2.24, 2.45) is 0 Å². The second-order valence-electron chi connectivity index (χ2n) is 5.09. The minimum Gasteiger partial charge on any atom is -0.493 e. The van der Waals surface area contributed by atoms with Gasteiger partial charge < -0.3 is 14.8 Å². The number of hydrogen-bond acceptors (Lipinski definition) is 5. The Kier molecular flexibility index (Phi) is 6.15. The van der Waals surface area contributed by atoms with Crippen molar-refractivity contribution in [2.45, 2.75) is 19.3 Å². The molecule has 1 N–H and O–H groups in total. The molecule has 0 bridgehead atoms. The number of benzene rings is 1. The van der Waals surface area contributed by atoms with Gasteiger partial charge in [-0.25, -0.2) is 4.79 Å². The minimum absolute atomic E-state index is 0.0621. The van der Waals surface area contributed by atoms with Crippen molar-refractivity contribution < 1.29 is 19.1 Å². The van der Waals surface area contributed by atoms with E-state index in [9.17, 15) is 9.59 Å². The minimum atomic E-state index is -0.426. The fraction of sp³-hybridized carbons (Fsp3) is 0.412. The number of fused-ring (bicyclic) bond motifs is 1. The second-order valence-corrected chi connectivity index (χ2v) is 5.09. The highest BCUT2D eigenvalue weighted by molar-refractivity contribution is 5.99. The molecular weight excluding hydrogens is 282 g/mol. The van der Waals surface area contributed by atoms with Crippen LogP contribution in [0.4, 0.5) is 0 Å². The summed E-state index contributed by atoms with van der Waals surface area (Å²) in [6.07, 6.45) is 5.15. The Morgan fingerprint density at radius 1 is 1.32 bits per heavy atom. The molecule has 1 aromatic rings. The van der Waals surface area contributed by atoms with Crippen molar-refractivity contribution in [3.8, 4) is 5.75 Å². The molecule has 0 spiro atoms. The fourth-order valence-corrected chi connectivity index (χ4v) is 2.24. The Labute approximate surface area is 130 Å². The Hall–Kier alpha value is -2.14. The summed E-state index contributed by atoms with van der Waals surface area (Å²) in [4.78, 5) is 23.5. The highest BCUT2D eigenvalue weighted by Gasteiger charge is 2.14. The van der Waals surface area contributed by atoms with Gasteiger partial charge in [-0.05, 0) is 49.7 Å². The number of ketones is 1. The van der Waals surface area contributed by atoms with Gasteiger partial charge in [-0.15, -0.1) is 0 Å². The van der Waals surface area contributed by atoms with Gasteiger partial charge in [-0.2, -0.15) is 0 Å². The average molecular weight is 303 g/mol. The van der Waals surface area contributed by atoms with Crippen LogP contribution in [0.2, 0.25) is 0 Å². The first-order valence-electron chi connectivity index (χ1n) is 7.47. The lowest BCUT2D eigenvalue weighted by molar-refractivity contribution is -0.134. The molecular formula is C17H21NO4. The maximum Gasteiger partial charge on any atom is 0.330 e. The van der Waals surface area contributed by atoms with E-state index < -0.39 is 5.97 Å². The maximum atomic E-state index is 12.4. The highest BCUT2D eigenvalue weighted by Crippen LogP contribution is 2.23. The third-order valence-corrected chi connectivity index (χ3v) is 3.43. The number of methoxy groups -OCH3 is 1. The topological polar surface area (TPSA) is 64.6 Å². The van der Waals surface area contributed by atoms with Crippen molar-refractivity contribution in [3.63, 3.8) is 0 Å². The zero-order chi connectivity index (χ0) is 15.8. The van der Waals surface area contributed by atoms with Gasteiger partial charge >= 0.3 is 5.97 Å². The Bertz CT molecular complexity index is 566. The van der Waals surface area contributed by atoms with E-state index >= 15 is 0 Å². The molecule has 1 heterocycles. The quantitative estimate of drug-likeness (QED) is 0.670. The lowest BCUT2D eigenvalue weighted by Crippen LogP contribution is -2.18. The van der Waals surface area contributed by atoms with Crippen LogP contribution in [-0.4, -0.2) is 38.6 Å². The smallest absolute Gasteiger partial charge is 0.330 e. The maximum absolute atomic E-state index is 12.4. The number of Topliss-reactive ketones (excluding diaryl/α,β-unsaturated/α-hetero) is 1. The molecule has 5 nitrogen and oxygen atoms in total. The molecule has 1 aromatic carbocycles. The monoisotopic (exact) mass is 303 g/mol. The molecule has 0 amide bonds. The van der Waals surface area contributed by atoms with E-state index in [2.05, 4.69) is 10.1 Å². The van der Waals surface area contributed by atoms with Gasteiger partial charge in [0.15, 0.2) is 5.78 Å². The predicted octanol–water partition coefficient (Wildman–Crippen LogP) is 2.21. The van der Waals surface area contributed by atoms with E-state index in [1.54, 1.807) is 18.2 Å². The summed E-state index contributed by atoms with van der Waals surface area (Å²) in [6.45, 7) is 2.30. The molecule has 0 aromatic heterocycles. The summed E-state index contributed by atoms with van der Waals surface area (Å²) in [6, 6.07) is 5.38. The SMILES string of the molecule is COC(=O)/C=C/c1ccc2c(c1)C(=O)CCCNCCCO2. The van der Waals surface area contributed by atoms with Crippen molar-refractivity contribution in [1.82, 2.24) is 5.32 Å². The number of nitrogens with one attached hydrogen (secondary N) is 1. The van der Waals surface area contributed by atoms with Crippen LogP contribution in [0, 0.1) is 0 Å². The highest BCUT2D eigenvalue weighted by atomic mass is 16.5. The number of ether oxygens (including phenoxy) is 2. The van der Waals surface area contributed by atoms with Crippen LogP contribution in [0.25, 0.3) is 6.08 Å². The zero-order valence-electron chi connectivity index (χ0n) is 12.8. The van der Waals surface area contributed by atoms with Gasteiger partial charge in [0.25, 0.3) is 0 Å². The van der Waals surface area contributed by atoms with Crippen molar-refractivity contribution in [1.29, 1.82) is 0 Å². The third kappa shape index (κ3) is 4.70. The second kappa shape index (κ2) is 8.34. The van der Waals surface area contributed by atoms with Crippen LogP contribution >= 0.6 is 0 Å². The fourth-order valence-electron chi connectivity index (χ4n) is 2.24. The van der Waals surface area contributed by atoms with Crippen LogP contribution in [-0.2, 0) is 9.53 Å². The summed E-state index contributed by atoms with van der Waals surface area (Å²) in [5, 5.41) is 3.29. The number of rotatable bonds is 2. The molecule has 0 aliphatic carbocycles. The first-order valence-corrected chi connectivity index (χ1v) is 7.47. The Morgan fingerprint density at radius 3 is 2.95 bits per heavy atom. The first kappa shape index (κ1) is 16.2. The summed E-state index contributed by atoms with van der Waals surface area (Å²) >= 11 is 0. The van der Waals surface area contributed by atoms with Gasteiger partial charge in [0.05, 0.1) is 19.3 Å². The van der Waals surface area contributed by atoms with Crippen molar-refractivity contribution >= 4 is 17.8 Å². The molecule has 2 rings (SSSR count). The number of hydrogen-bond donors (Lipinski definition) is 1. The number of carbonyl (C=O) groups excluding carboxylic acids is 2. The molecule has 0 saturated carbocycles. The van der Waals surface area contributed by atoms with Crippen molar-refractivity contribution in [3.05, 3.63) is 35.4 Å². The van der Waals surface area contributed by atoms with Gasteiger partial charge in [0, 0.05) is 12.5 Å². The molecule has 1 aliphatic rings. The number of esters is 1. The molecule has 0 atom stereocenters. The van der Waals surface area contributed by atoms with Crippen LogP contribution in [0.1, 0.15) is 35.2 Å². The average Bonchev–Trinajstić information content (AvgIpc) is 2.58. The Balaban J connectivity index is 2.23. The van der Waals surface area contributed by atoms with E-state index in [1.165, 1.54) is 13.2 Å². The zero-order valence-corrected chi connectivity index (χ0v) is 12.8. The summed E-state index contributed by atoms with van der Waals surface area (Å²) in [7, 11) is 1.33. The molecule has 0 unspecified atom stereocenters. The third-order valence-electron chi connectivity index (χ3n) is 3.43.